The standard InChI is InChI=1S/C12H16ClNO/c1-7-5-10(15)12(13)8(2)11(7)9-3-4-14-6-9/h5,9,14-15H,3-4,6H2,1-2H3. The van der Waals surface area contributed by atoms with Gasteiger partial charge >= 0.3 is 0 Å². The Hall–Kier alpha value is -0.730. The second kappa shape index (κ2) is 4.03. The first-order chi connectivity index (χ1) is 7.11. The number of phenols is 1. The Morgan fingerprint density at radius 3 is 2.80 bits per heavy atom. The maximum Gasteiger partial charge on any atom is 0.134 e. The molecule has 15 heavy (non-hydrogen) atoms. The van der Waals surface area contributed by atoms with E-state index >= 15 is 0 Å². The minimum Gasteiger partial charge on any atom is -0.506 e. The van der Waals surface area contributed by atoms with Crippen molar-refractivity contribution >= 4 is 11.6 Å². The van der Waals surface area contributed by atoms with Crippen molar-refractivity contribution in [3.05, 3.63) is 27.8 Å². The fourth-order valence-corrected chi connectivity index (χ4v) is 2.64. The second-order valence-corrected chi connectivity index (χ2v) is 4.63. The molecule has 1 unspecified atom stereocenters. The molecule has 1 fully saturated rings. The molecular weight excluding hydrogens is 210 g/mol. The van der Waals surface area contributed by atoms with Crippen molar-refractivity contribution in [1.29, 1.82) is 0 Å². The van der Waals surface area contributed by atoms with Gasteiger partial charge in [-0.2, -0.15) is 0 Å². The number of aryl methyl sites for hydroxylation is 1. The van der Waals surface area contributed by atoms with Crippen molar-refractivity contribution in [2.75, 3.05) is 13.1 Å². The molecule has 1 aromatic carbocycles. The monoisotopic (exact) mass is 225 g/mol. The van der Waals surface area contributed by atoms with E-state index in [9.17, 15) is 5.11 Å². The summed E-state index contributed by atoms with van der Waals surface area (Å²) in [7, 11) is 0. The third kappa shape index (κ3) is 1.84. The number of phenolic OH excluding ortho intramolecular Hbond substituents is 1. The average Bonchev–Trinajstić information content (AvgIpc) is 2.68. The van der Waals surface area contributed by atoms with Crippen LogP contribution in [0.3, 0.4) is 0 Å². The maximum absolute atomic E-state index is 9.60. The maximum atomic E-state index is 9.60. The molecule has 1 saturated heterocycles. The van der Waals surface area contributed by atoms with Crippen LogP contribution in [0.1, 0.15) is 29.0 Å². The van der Waals surface area contributed by atoms with Gasteiger partial charge in [-0.15, -0.1) is 0 Å². The van der Waals surface area contributed by atoms with E-state index in [4.69, 9.17) is 11.6 Å². The molecule has 2 N–H and O–H groups in total. The van der Waals surface area contributed by atoms with E-state index in [1.54, 1.807) is 6.07 Å². The molecule has 0 bridgehead atoms. The largest absolute Gasteiger partial charge is 0.506 e. The molecule has 1 atom stereocenters. The van der Waals surface area contributed by atoms with Gasteiger partial charge in [0, 0.05) is 6.54 Å². The lowest BCUT2D eigenvalue weighted by Gasteiger charge is -2.17. The van der Waals surface area contributed by atoms with Crippen molar-refractivity contribution in [3.63, 3.8) is 0 Å². The highest BCUT2D eigenvalue weighted by atomic mass is 35.5. The van der Waals surface area contributed by atoms with E-state index in [2.05, 4.69) is 5.32 Å². The van der Waals surface area contributed by atoms with Crippen molar-refractivity contribution in [1.82, 2.24) is 5.32 Å². The number of rotatable bonds is 1. The Labute approximate surface area is 95.3 Å². The summed E-state index contributed by atoms with van der Waals surface area (Å²) in [6.07, 6.45) is 1.16. The van der Waals surface area contributed by atoms with Gasteiger partial charge in [0.25, 0.3) is 0 Å². The number of hydrogen-bond acceptors (Lipinski definition) is 2. The minimum absolute atomic E-state index is 0.196. The lowest BCUT2D eigenvalue weighted by Crippen LogP contribution is -2.10. The zero-order chi connectivity index (χ0) is 11.0. The van der Waals surface area contributed by atoms with Crippen LogP contribution in [-0.2, 0) is 0 Å². The molecule has 1 aliphatic heterocycles. The zero-order valence-electron chi connectivity index (χ0n) is 9.10. The summed E-state index contributed by atoms with van der Waals surface area (Å²) in [4.78, 5) is 0. The van der Waals surface area contributed by atoms with Gasteiger partial charge in [0.1, 0.15) is 5.75 Å². The van der Waals surface area contributed by atoms with Crippen LogP contribution in [0.25, 0.3) is 0 Å². The Bertz CT molecular complexity index is 384. The number of nitrogens with one attached hydrogen (secondary N) is 1. The van der Waals surface area contributed by atoms with E-state index in [0.29, 0.717) is 10.9 Å². The molecule has 0 aliphatic carbocycles. The lowest BCUT2D eigenvalue weighted by molar-refractivity contribution is 0.474. The summed E-state index contributed by atoms with van der Waals surface area (Å²) in [5.74, 6) is 0.740. The molecule has 0 saturated carbocycles. The predicted molar refractivity (Wildman–Crippen MR) is 62.8 cm³/mol. The highest BCUT2D eigenvalue weighted by molar-refractivity contribution is 6.32. The van der Waals surface area contributed by atoms with Crippen LogP contribution < -0.4 is 5.32 Å². The molecular formula is C12H16ClNO. The van der Waals surface area contributed by atoms with Gasteiger partial charge in [-0.05, 0) is 55.5 Å². The minimum atomic E-state index is 0.196. The summed E-state index contributed by atoms with van der Waals surface area (Å²) in [5.41, 5.74) is 3.48. The van der Waals surface area contributed by atoms with E-state index in [0.717, 1.165) is 30.6 Å². The quantitative estimate of drug-likeness (QED) is 0.771. The SMILES string of the molecule is Cc1cc(O)c(Cl)c(C)c1C1CCNC1. The molecule has 2 nitrogen and oxygen atoms in total. The van der Waals surface area contributed by atoms with Crippen molar-refractivity contribution in [2.45, 2.75) is 26.2 Å². The Morgan fingerprint density at radius 1 is 1.47 bits per heavy atom. The number of halogens is 1. The van der Waals surface area contributed by atoms with Gasteiger partial charge < -0.3 is 10.4 Å². The first-order valence-electron chi connectivity index (χ1n) is 5.30. The summed E-state index contributed by atoms with van der Waals surface area (Å²) in [6, 6.07) is 1.77. The van der Waals surface area contributed by atoms with Crippen LogP contribution >= 0.6 is 11.6 Å². The summed E-state index contributed by atoms with van der Waals surface area (Å²) < 4.78 is 0. The molecule has 1 heterocycles. The molecule has 2 rings (SSSR count). The lowest BCUT2D eigenvalue weighted by atomic mass is 9.90. The first-order valence-corrected chi connectivity index (χ1v) is 5.68. The zero-order valence-corrected chi connectivity index (χ0v) is 9.86. The molecule has 0 spiro atoms. The van der Waals surface area contributed by atoms with Crippen LogP contribution in [0.15, 0.2) is 6.07 Å². The molecule has 0 amide bonds. The predicted octanol–water partition coefficient (Wildman–Crippen LogP) is 2.74. The molecule has 82 valence electrons. The smallest absolute Gasteiger partial charge is 0.134 e. The van der Waals surface area contributed by atoms with Crippen molar-refractivity contribution in [3.8, 4) is 5.75 Å². The molecule has 0 radical (unpaired) electrons. The fraction of sp³-hybridized carbons (Fsp3) is 0.500. The normalized spacial score (nSPS) is 20.9. The van der Waals surface area contributed by atoms with Crippen LogP contribution in [-0.4, -0.2) is 18.2 Å². The van der Waals surface area contributed by atoms with E-state index < -0.39 is 0 Å². The number of benzene rings is 1. The van der Waals surface area contributed by atoms with Gasteiger partial charge in [0.2, 0.25) is 0 Å². The van der Waals surface area contributed by atoms with Crippen LogP contribution in [0, 0.1) is 13.8 Å². The molecule has 1 aliphatic rings. The highest BCUT2D eigenvalue weighted by Gasteiger charge is 2.22. The third-order valence-electron chi connectivity index (χ3n) is 3.20. The van der Waals surface area contributed by atoms with Gasteiger partial charge in [0.05, 0.1) is 5.02 Å². The topological polar surface area (TPSA) is 32.3 Å². The average molecular weight is 226 g/mol. The third-order valence-corrected chi connectivity index (χ3v) is 3.68. The van der Waals surface area contributed by atoms with Gasteiger partial charge in [0.15, 0.2) is 0 Å². The highest BCUT2D eigenvalue weighted by Crippen LogP contribution is 2.37. The van der Waals surface area contributed by atoms with E-state index in [1.165, 1.54) is 5.56 Å². The number of aromatic hydroxyl groups is 1. The fourth-order valence-electron chi connectivity index (χ4n) is 2.48. The molecule has 0 aromatic heterocycles. The van der Waals surface area contributed by atoms with Crippen LogP contribution in [0.5, 0.6) is 5.75 Å². The van der Waals surface area contributed by atoms with E-state index in [1.807, 2.05) is 13.8 Å². The first kappa shape index (κ1) is 10.8. The molecule has 1 aromatic rings. The van der Waals surface area contributed by atoms with Crippen LogP contribution in [0.2, 0.25) is 5.02 Å². The number of hydrogen-bond donors (Lipinski definition) is 2. The molecule has 3 heteroatoms. The summed E-state index contributed by atoms with van der Waals surface area (Å²) in [6.45, 7) is 6.12. The van der Waals surface area contributed by atoms with Gasteiger partial charge in [-0.3, -0.25) is 0 Å². The van der Waals surface area contributed by atoms with Crippen molar-refractivity contribution in [2.24, 2.45) is 0 Å². The second-order valence-electron chi connectivity index (χ2n) is 4.25. The Kier molecular flexibility index (Phi) is 2.89. The van der Waals surface area contributed by atoms with E-state index in [-0.39, 0.29) is 5.75 Å². The van der Waals surface area contributed by atoms with Gasteiger partial charge in [-0.1, -0.05) is 11.6 Å². The van der Waals surface area contributed by atoms with Crippen LogP contribution in [0.4, 0.5) is 0 Å². The van der Waals surface area contributed by atoms with Gasteiger partial charge in [-0.25, -0.2) is 0 Å². The van der Waals surface area contributed by atoms with Crippen molar-refractivity contribution < 1.29 is 5.11 Å². The Morgan fingerprint density at radius 2 is 2.20 bits per heavy atom. The summed E-state index contributed by atoms with van der Waals surface area (Å²) >= 11 is 6.06. The Balaban J connectivity index is 2.50. The summed E-state index contributed by atoms with van der Waals surface area (Å²) in [5, 5.41) is 13.5.